The minimum Gasteiger partial charge on any atom is -0.394 e. The number of nitrogens with zero attached hydrogens (tertiary/aromatic N) is 4. The molecule has 0 saturated heterocycles. The van der Waals surface area contributed by atoms with Crippen LogP contribution in [0, 0.1) is 22.7 Å². The Morgan fingerprint density at radius 1 is 1.14 bits per heavy atom. The third kappa shape index (κ3) is 5.55. The number of hydrogen-bond acceptors (Lipinski definition) is 7. The lowest BCUT2D eigenvalue weighted by atomic mass is 9.92. The number of allylic oxidation sites excluding steroid dienone is 1. The SMILES string of the molecule is CC1=C(C#N)[C@@H](c2ccc(C#N)cc2S(C)(=O)=O)N(C(=O)NC2(CO)CCCC2)C(=O)N1c1cccc(C(F)(F)F)c1. The van der Waals surface area contributed by atoms with Gasteiger partial charge in [-0.3, -0.25) is 4.90 Å². The summed E-state index contributed by atoms with van der Waals surface area (Å²) in [6, 6.07) is 7.19. The molecule has 2 aromatic rings. The van der Waals surface area contributed by atoms with Gasteiger partial charge < -0.3 is 10.4 Å². The average molecular weight is 602 g/mol. The maximum Gasteiger partial charge on any atom is 0.416 e. The van der Waals surface area contributed by atoms with Gasteiger partial charge in [0.25, 0.3) is 0 Å². The van der Waals surface area contributed by atoms with E-state index in [0.29, 0.717) is 36.6 Å². The molecule has 1 fully saturated rings. The molecule has 10 nitrogen and oxygen atoms in total. The number of rotatable bonds is 5. The molecule has 14 heteroatoms. The van der Waals surface area contributed by atoms with Gasteiger partial charge in [0.2, 0.25) is 0 Å². The van der Waals surface area contributed by atoms with Gasteiger partial charge in [0.05, 0.1) is 51.6 Å². The van der Waals surface area contributed by atoms with Crippen molar-refractivity contribution in [2.24, 2.45) is 0 Å². The molecule has 4 rings (SSSR count). The van der Waals surface area contributed by atoms with Crippen LogP contribution in [0.15, 0.2) is 58.6 Å². The zero-order chi connectivity index (χ0) is 31.0. The minimum absolute atomic E-state index is 0.0349. The van der Waals surface area contributed by atoms with E-state index in [1.165, 1.54) is 25.1 Å². The van der Waals surface area contributed by atoms with E-state index in [-0.39, 0.29) is 28.1 Å². The Kier molecular flexibility index (Phi) is 8.09. The molecule has 0 spiro atoms. The van der Waals surface area contributed by atoms with Crippen molar-refractivity contribution >= 4 is 27.6 Å². The van der Waals surface area contributed by atoms with E-state index in [9.17, 15) is 46.8 Å². The molecule has 2 aliphatic rings. The van der Waals surface area contributed by atoms with Gasteiger partial charge >= 0.3 is 18.2 Å². The van der Waals surface area contributed by atoms with Crippen LogP contribution in [-0.4, -0.2) is 48.9 Å². The Morgan fingerprint density at radius 2 is 1.81 bits per heavy atom. The van der Waals surface area contributed by atoms with E-state index in [1.54, 1.807) is 0 Å². The lowest BCUT2D eigenvalue weighted by Crippen LogP contribution is -2.60. The average Bonchev–Trinajstić information content (AvgIpc) is 3.40. The zero-order valence-corrected chi connectivity index (χ0v) is 23.4. The molecule has 1 aliphatic carbocycles. The monoisotopic (exact) mass is 601 g/mol. The zero-order valence-electron chi connectivity index (χ0n) is 22.6. The van der Waals surface area contributed by atoms with Gasteiger partial charge in [0.1, 0.15) is 6.04 Å². The van der Waals surface area contributed by atoms with Gasteiger partial charge in [-0.2, -0.15) is 23.7 Å². The fourth-order valence-corrected chi connectivity index (χ4v) is 6.34. The summed E-state index contributed by atoms with van der Waals surface area (Å²) in [6.07, 6.45) is -1.79. The summed E-state index contributed by atoms with van der Waals surface area (Å²) in [6.45, 7) is 0.836. The van der Waals surface area contributed by atoms with Crippen molar-refractivity contribution < 1.29 is 36.3 Å². The number of nitrogens with one attached hydrogen (secondary N) is 1. The first-order chi connectivity index (χ1) is 19.7. The summed E-state index contributed by atoms with van der Waals surface area (Å²) in [5.41, 5.74) is -3.07. The molecular formula is C28H26F3N5O5S. The highest BCUT2D eigenvalue weighted by molar-refractivity contribution is 7.90. The first-order valence-corrected chi connectivity index (χ1v) is 14.6. The lowest BCUT2D eigenvalue weighted by Gasteiger charge is -2.42. The van der Waals surface area contributed by atoms with Crippen LogP contribution < -0.4 is 10.2 Å². The minimum atomic E-state index is -4.76. The number of alkyl halides is 3. The number of amides is 4. The van der Waals surface area contributed by atoms with Gasteiger partial charge in [-0.1, -0.05) is 25.0 Å². The van der Waals surface area contributed by atoms with Crippen LogP contribution in [0.25, 0.3) is 0 Å². The van der Waals surface area contributed by atoms with E-state index in [4.69, 9.17) is 0 Å². The second kappa shape index (κ2) is 11.1. The Bertz CT molecular complexity index is 1670. The highest BCUT2D eigenvalue weighted by atomic mass is 32.2. The van der Waals surface area contributed by atoms with Crippen molar-refractivity contribution in [1.29, 1.82) is 10.5 Å². The van der Waals surface area contributed by atoms with Crippen molar-refractivity contribution in [3.05, 3.63) is 70.4 Å². The first kappa shape index (κ1) is 30.6. The third-order valence-electron chi connectivity index (χ3n) is 7.50. The van der Waals surface area contributed by atoms with Crippen molar-refractivity contribution in [2.75, 3.05) is 17.8 Å². The van der Waals surface area contributed by atoms with E-state index in [0.717, 1.165) is 29.4 Å². The number of nitriles is 2. The normalized spacial score (nSPS) is 19.0. The highest BCUT2D eigenvalue weighted by Crippen LogP contribution is 2.43. The van der Waals surface area contributed by atoms with Crippen molar-refractivity contribution in [2.45, 2.75) is 55.3 Å². The van der Waals surface area contributed by atoms with Crippen LogP contribution in [0.2, 0.25) is 0 Å². The van der Waals surface area contributed by atoms with E-state index in [1.807, 2.05) is 12.1 Å². The Labute approximate surface area is 240 Å². The van der Waals surface area contributed by atoms with Crippen molar-refractivity contribution in [3.63, 3.8) is 0 Å². The van der Waals surface area contributed by atoms with Gasteiger partial charge in [0.15, 0.2) is 9.84 Å². The van der Waals surface area contributed by atoms with E-state index in [2.05, 4.69) is 5.32 Å². The third-order valence-corrected chi connectivity index (χ3v) is 8.65. The fraction of sp³-hybridized carbons (Fsp3) is 0.357. The molecule has 220 valence electrons. The number of urea groups is 2. The number of aliphatic hydroxyl groups excluding tert-OH is 1. The molecule has 1 saturated carbocycles. The Morgan fingerprint density at radius 3 is 2.36 bits per heavy atom. The van der Waals surface area contributed by atoms with Crippen LogP contribution in [0.4, 0.5) is 28.4 Å². The van der Waals surface area contributed by atoms with Gasteiger partial charge in [-0.05, 0) is 55.7 Å². The number of hydrogen-bond donors (Lipinski definition) is 2. The molecule has 2 N–H and O–H groups in total. The molecule has 42 heavy (non-hydrogen) atoms. The first-order valence-electron chi connectivity index (χ1n) is 12.8. The molecule has 1 heterocycles. The molecule has 4 amide bonds. The maximum atomic E-state index is 14.1. The summed E-state index contributed by atoms with van der Waals surface area (Å²) in [7, 11) is -4.09. The number of anilines is 1. The van der Waals surface area contributed by atoms with Crippen LogP contribution >= 0.6 is 0 Å². The fourth-order valence-electron chi connectivity index (χ4n) is 5.39. The predicted octanol–water partition coefficient (Wildman–Crippen LogP) is 4.78. The predicted molar refractivity (Wildman–Crippen MR) is 143 cm³/mol. The second-order valence-corrected chi connectivity index (χ2v) is 12.2. The molecular weight excluding hydrogens is 575 g/mol. The number of benzene rings is 2. The van der Waals surface area contributed by atoms with E-state index >= 15 is 0 Å². The summed E-state index contributed by atoms with van der Waals surface area (Å²) < 4.78 is 66.3. The molecule has 0 radical (unpaired) electrons. The number of halogens is 3. The standard InChI is InChI=1S/C28H26F3N5O5S/c1-17-22(15-33)24(21-9-8-18(14-32)12-23(21)42(2,40)41)36(25(38)34-27(16-37)10-3-4-11-27)26(39)35(17)20-7-5-6-19(13-20)28(29,30)31/h5-9,12-13,24,37H,3-4,10-11,16H2,1-2H3,(H,34,38)/t24-/m1/s1. The largest absolute Gasteiger partial charge is 0.416 e. The summed E-state index contributed by atoms with van der Waals surface area (Å²) in [4.78, 5) is 29.0. The summed E-state index contributed by atoms with van der Waals surface area (Å²) in [5, 5.41) is 32.4. The number of carbonyl (C=O) groups excluding carboxylic acids is 2. The second-order valence-electron chi connectivity index (χ2n) is 10.3. The topological polar surface area (TPSA) is 155 Å². The lowest BCUT2D eigenvalue weighted by molar-refractivity contribution is -0.137. The maximum absolute atomic E-state index is 14.1. The van der Waals surface area contributed by atoms with Crippen molar-refractivity contribution in [3.8, 4) is 12.1 Å². The van der Waals surface area contributed by atoms with Gasteiger partial charge in [-0.15, -0.1) is 0 Å². The molecule has 1 atom stereocenters. The molecule has 0 bridgehead atoms. The molecule has 1 aliphatic heterocycles. The van der Waals surface area contributed by atoms with E-state index < -0.39 is 56.7 Å². The molecule has 0 aromatic heterocycles. The smallest absolute Gasteiger partial charge is 0.394 e. The highest BCUT2D eigenvalue weighted by Gasteiger charge is 2.47. The van der Waals surface area contributed by atoms with Crippen LogP contribution in [-0.2, 0) is 16.0 Å². The van der Waals surface area contributed by atoms with Crippen molar-refractivity contribution in [1.82, 2.24) is 10.2 Å². The van der Waals surface area contributed by atoms with Gasteiger partial charge in [-0.25, -0.2) is 22.9 Å². The number of aliphatic hydroxyl groups is 1. The molecule has 0 unspecified atom stereocenters. The van der Waals surface area contributed by atoms with Crippen LogP contribution in [0.1, 0.15) is 55.3 Å². The van der Waals surface area contributed by atoms with Crippen LogP contribution in [0.3, 0.4) is 0 Å². The number of imide groups is 1. The number of carbonyl (C=O) groups is 2. The Balaban J connectivity index is 1.99. The van der Waals surface area contributed by atoms with Crippen LogP contribution in [0.5, 0.6) is 0 Å². The summed E-state index contributed by atoms with van der Waals surface area (Å²) >= 11 is 0. The summed E-state index contributed by atoms with van der Waals surface area (Å²) in [5.74, 6) is 0. The quantitative estimate of drug-likeness (QED) is 0.500. The number of sulfone groups is 1. The van der Waals surface area contributed by atoms with Gasteiger partial charge in [0, 0.05) is 12.0 Å². The molecule has 2 aromatic carbocycles. The Hall–Kier alpha value is -4.40.